The molecule has 16 heavy (non-hydrogen) atoms. The predicted octanol–water partition coefficient (Wildman–Crippen LogP) is 1.54. The van der Waals surface area contributed by atoms with Crippen molar-refractivity contribution in [3.05, 3.63) is 45.8 Å². The summed E-state index contributed by atoms with van der Waals surface area (Å²) in [6.07, 6.45) is 0.712. The molecular weight excluding hydrogens is 208 g/mol. The standard InChI is InChI=1S/C10H10N4O2/c11-14-13-6-5-12-10(16)9-3-1-8(7-15)2-4-9/h1-4,7H,5-6H2,(H,12,16). The van der Waals surface area contributed by atoms with E-state index in [0.29, 0.717) is 24.0 Å². The van der Waals surface area contributed by atoms with Crippen LogP contribution < -0.4 is 5.32 Å². The van der Waals surface area contributed by atoms with E-state index in [2.05, 4.69) is 15.3 Å². The fraction of sp³-hybridized carbons (Fsp3) is 0.200. The molecule has 0 aromatic heterocycles. The number of aldehydes is 1. The Morgan fingerprint density at radius 2 is 2.12 bits per heavy atom. The minimum atomic E-state index is -0.259. The highest BCUT2D eigenvalue weighted by molar-refractivity contribution is 5.94. The number of carbonyl (C=O) groups is 2. The van der Waals surface area contributed by atoms with Crippen LogP contribution in [0.25, 0.3) is 10.4 Å². The summed E-state index contributed by atoms with van der Waals surface area (Å²) in [5, 5.41) is 5.86. The van der Waals surface area contributed by atoms with Gasteiger partial charge in [-0.15, -0.1) is 0 Å². The van der Waals surface area contributed by atoms with Gasteiger partial charge in [-0.1, -0.05) is 17.2 Å². The largest absolute Gasteiger partial charge is 0.352 e. The molecule has 6 nitrogen and oxygen atoms in total. The second-order valence-electron chi connectivity index (χ2n) is 2.95. The van der Waals surface area contributed by atoms with Gasteiger partial charge in [0.2, 0.25) is 0 Å². The number of benzene rings is 1. The lowest BCUT2D eigenvalue weighted by Crippen LogP contribution is -2.25. The van der Waals surface area contributed by atoms with E-state index in [9.17, 15) is 9.59 Å². The zero-order chi connectivity index (χ0) is 11.8. The van der Waals surface area contributed by atoms with Crippen LogP contribution in [0.1, 0.15) is 20.7 Å². The summed E-state index contributed by atoms with van der Waals surface area (Å²) in [5.41, 5.74) is 9.00. The number of hydrogen-bond acceptors (Lipinski definition) is 3. The Morgan fingerprint density at radius 1 is 1.44 bits per heavy atom. The summed E-state index contributed by atoms with van der Waals surface area (Å²) in [6.45, 7) is 0.507. The van der Waals surface area contributed by atoms with Crippen molar-refractivity contribution in [2.45, 2.75) is 0 Å². The summed E-state index contributed by atoms with van der Waals surface area (Å²) >= 11 is 0. The van der Waals surface area contributed by atoms with Gasteiger partial charge in [0.1, 0.15) is 6.29 Å². The molecule has 0 aliphatic heterocycles. The molecule has 0 bridgehead atoms. The third kappa shape index (κ3) is 3.43. The normalized spacial score (nSPS) is 9.00. The number of rotatable bonds is 5. The molecule has 0 spiro atoms. The van der Waals surface area contributed by atoms with E-state index in [1.807, 2.05) is 0 Å². The zero-order valence-electron chi connectivity index (χ0n) is 8.46. The summed E-state index contributed by atoms with van der Waals surface area (Å²) in [6, 6.07) is 6.25. The van der Waals surface area contributed by atoms with E-state index >= 15 is 0 Å². The Balaban J connectivity index is 2.52. The van der Waals surface area contributed by atoms with Crippen LogP contribution in [-0.4, -0.2) is 25.3 Å². The molecular formula is C10H10N4O2. The van der Waals surface area contributed by atoms with Crippen molar-refractivity contribution in [1.29, 1.82) is 0 Å². The Bertz CT molecular complexity index is 421. The molecule has 0 saturated carbocycles. The first-order valence-electron chi connectivity index (χ1n) is 4.62. The van der Waals surface area contributed by atoms with E-state index in [-0.39, 0.29) is 12.5 Å². The maximum absolute atomic E-state index is 11.5. The molecule has 0 aliphatic carbocycles. The molecule has 1 aromatic rings. The van der Waals surface area contributed by atoms with Crippen molar-refractivity contribution in [2.24, 2.45) is 5.11 Å². The molecule has 6 heteroatoms. The first kappa shape index (κ1) is 11.7. The number of carbonyl (C=O) groups excluding carboxylic acids is 2. The van der Waals surface area contributed by atoms with Crippen LogP contribution >= 0.6 is 0 Å². The highest BCUT2D eigenvalue weighted by Gasteiger charge is 2.03. The van der Waals surface area contributed by atoms with Crippen molar-refractivity contribution in [1.82, 2.24) is 5.32 Å². The molecule has 0 unspecified atom stereocenters. The maximum Gasteiger partial charge on any atom is 0.251 e. The van der Waals surface area contributed by atoms with Crippen molar-refractivity contribution >= 4 is 12.2 Å². The van der Waals surface area contributed by atoms with Crippen LogP contribution in [0.4, 0.5) is 0 Å². The molecule has 0 radical (unpaired) electrons. The SMILES string of the molecule is [N-]=[N+]=NCCNC(=O)c1ccc(C=O)cc1. The van der Waals surface area contributed by atoms with Gasteiger partial charge in [-0.2, -0.15) is 0 Å². The maximum atomic E-state index is 11.5. The first-order chi connectivity index (χ1) is 7.77. The average Bonchev–Trinajstić information content (AvgIpc) is 2.34. The fourth-order valence-electron chi connectivity index (χ4n) is 1.08. The summed E-state index contributed by atoms with van der Waals surface area (Å²) in [4.78, 5) is 24.4. The van der Waals surface area contributed by atoms with Crippen molar-refractivity contribution in [2.75, 3.05) is 13.1 Å². The van der Waals surface area contributed by atoms with Gasteiger partial charge in [-0.3, -0.25) is 9.59 Å². The highest BCUT2D eigenvalue weighted by atomic mass is 16.1. The molecule has 0 saturated heterocycles. The van der Waals surface area contributed by atoms with Crippen LogP contribution in [0, 0.1) is 0 Å². The number of nitrogens with zero attached hydrogens (tertiary/aromatic N) is 3. The van der Waals surface area contributed by atoms with Crippen LogP contribution in [0.5, 0.6) is 0 Å². The predicted molar refractivity (Wildman–Crippen MR) is 58.2 cm³/mol. The Morgan fingerprint density at radius 3 is 2.69 bits per heavy atom. The van der Waals surface area contributed by atoms with E-state index in [1.54, 1.807) is 24.3 Å². The quantitative estimate of drug-likeness (QED) is 0.267. The van der Waals surface area contributed by atoms with Crippen LogP contribution in [0.3, 0.4) is 0 Å². The molecule has 1 N–H and O–H groups in total. The van der Waals surface area contributed by atoms with Crippen LogP contribution in [0.2, 0.25) is 0 Å². The third-order valence-electron chi connectivity index (χ3n) is 1.87. The molecule has 1 amide bonds. The molecule has 1 aromatic carbocycles. The topological polar surface area (TPSA) is 94.9 Å². The molecule has 82 valence electrons. The molecule has 0 atom stereocenters. The van der Waals surface area contributed by atoms with Gasteiger partial charge in [-0.25, -0.2) is 0 Å². The van der Waals surface area contributed by atoms with E-state index in [0.717, 1.165) is 0 Å². The molecule has 1 rings (SSSR count). The number of nitrogens with one attached hydrogen (secondary N) is 1. The van der Waals surface area contributed by atoms with Gasteiger partial charge < -0.3 is 5.32 Å². The average molecular weight is 218 g/mol. The number of amides is 1. The van der Waals surface area contributed by atoms with Gasteiger partial charge >= 0.3 is 0 Å². The minimum Gasteiger partial charge on any atom is -0.352 e. The van der Waals surface area contributed by atoms with E-state index in [1.165, 1.54) is 0 Å². The lowest BCUT2D eigenvalue weighted by molar-refractivity contribution is 0.0954. The summed E-state index contributed by atoms with van der Waals surface area (Å²) in [5.74, 6) is -0.259. The lowest BCUT2D eigenvalue weighted by atomic mass is 10.1. The Labute approximate surface area is 91.9 Å². The van der Waals surface area contributed by atoms with Gasteiger partial charge in [0.15, 0.2) is 0 Å². The van der Waals surface area contributed by atoms with Crippen molar-refractivity contribution in [3.8, 4) is 0 Å². The lowest BCUT2D eigenvalue weighted by Gasteiger charge is -2.02. The molecule has 0 heterocycles. The smallest absolute Gasteiger partial charge is 0.251 e. The number of azide groups is 1. The fourth-order valence-corrected chi connectivity index (χ4v) is 1.08. The van der Waals surface area contributed by atoms with Crippen LogP contribution in [-0.2, 0) is 0 Å². The van der Waals surface area contributed by atoms with Gasteiger partial charge in [0.05, 0.1) is 0 Å². The molecule has 0 aliphatic rings. The molecule has 0 fully saturated rings. The summed E-state index contributed by atoms with van der Waals surface area (Å²) in [7, 11) is 0. The van der Waals surface area contributed by atoms with Crippen molar-refractivity contribution < 1.29 is 9.59 Å². The second-order valence-corrected chi connectivity index (χ2v) is 2.95. The first-order valence-corrected chi connectivity index (χ1v) is 4.62. The van der Waals surface area contributed by atoms with Gasteiger partial charge in [0.25, 0.3) is 5.91 Å². The zero-order valence-corrected chi connectivity index (χ0v) is 8.46. The Kier molecular flexibility index (Phi) is 4.56. The minimum absolute atomic E-state index is 0.217. The van der Waals surface area contributed by atoms with Crippen LogP contribution in [0.15, 0.2) is 29.4 Å². The second kappa shape index (κ2) is 6.21. The van der Waals surface area contributed by atoms with E-state index < -0.39 is 0 Å². The monoisotopic (exact) mass is 218 g/mol. The highest BCUT2D eigenvalue weighted by Crippen LogP contribution is 2.01. The van der Waals surface area contributed by atoms with Gasteiger partial charge in [0, 0.05) is 29.1 Å². The van der Waals surface area contributed by atoms with E-state index in [4.69, 9.17) is 5.53 Å². The Hall–Kier alpha value is -2.33. The van der Waals surface area contributed by atoms with Gasteiger partial charge in [-0.05, 0) is 17.7 Å². The number of hydrogen-bond donors (Lipinski definition) is 1. The third-order valence-corrected chi connectivity index (χ3v) is 1.87. The van der Waals surface area contributed by atoms with Crippen molar-refractivity contribution in [3.63, 3.8) is 0 Å². The summed E-state index contributed by atoms with van der Waals surface area (Å²) < 4.78 is 0.